The van der Waals surface area contributed by atoms with E-state index in [4.69, 9.17) is 23.2 Å². The average molecular weight is 399 g/mol. The van der Waals surface area contributed by atoms with Gasteiger partial charge in [-0.15, -0.1) is 5.10 Å². The van der Waals surface area contributed by atoms with Crippen molar-refractivity contribution >= 4 is 40.3 Å². The molecule has 0 aliphatic heterocycles. The predicted molar refractivity (Wildman–Crippen MR) is 108 cm³/mol. The van der Waals surface area contributed by atoms with Crippen molar-refractivity contribution in [1.29, 1.82) is 0 Å². The van der Waals surface area contributed by atoms with Crippen LogP contribution < -0.4 is 5.32 Å². The number of benzene rings is 1. The van der Waals surface area contributed by atoms with E-state index in [-0.39, 0.29) is 6.03 Å². The smallest absolute Gasteiger partial charge is 0.336 e. The number of hydrogen-bond donors (Lipinski definition) is 1. The standard InChI is InChI=1S/C19H28Cl2N4O/c1-2-3-4-5-6-7-8-9-10-11-12-22-19(26)25-18-14-16(21)15(20)13-17(18)23-24-25/h13-14H,2-12H2,1H3,(H,22,26). The largest absolute Gasteiger partial charge is 0.344 e. The van der Waals surface area contributed by atoms with Crippen LogP contribution in [0.15, 0.2) is 12.1 Å². The minimum atomic E-state index is -0.290. The quantitative estimate of drug-likeness (QED) is 0.457. The van der Waals surface area contributed by atoms with Gasteiger partial charge in [0.1, 0.15) is 11.0 Å². The average Bonchev–Trinajstić information content (AvgIpc) is 3.02. The summed E-state index contributed by atoms with van der Waals surface area (Å²) in [6, 6.07) is 2.93. The first-order valence-corrected chi connectivity index (χ1v) is 10.4. The van der Waals surface area contributed by atoms with Gasteiger partial charge >= 0.3 is 6.03 Å². The van der Waals surface area contributed by atoms with Gasteiger partial charge < -0.3 is 5.32 Å². The molecule has 0 radical (unpaired) electrons. The van der Waals surface area contributed by atoms with Gasteiger partial charge in [-0.3, -0.25) is 0 Å². The maximum absolute atomic E-state index is 12.2. The minimum absolute atomic E-state index is 0.290. The van der Waals surface area contributed by atoms with Crippen LogP contribution in [0.4, 0.5) is 4.79 Å². The zero-order valence-electron chi connectivity index (χ0n) is 15.4. The van der Waals surface area contributed by atoms with Crippen molar-refractivity contribution in [2.45, 2.75) is 71.1 Å². The van der Waals surface area contributed by atoms with E-state index < -0.39 is 0 Å². The van der Waals surface area contributed by atoms with E-state index >= 15 is 0 Å². The molecule has 2 rings (SSSR count). The lowest BCUT2D eigenvalue weighted by Gasteiger charge is -2.06. The van der Waals surface area contributed by atoms with Crippen LogP contribution in [0, 0.1) is 0 Å². The first-order chi connectivity index (χ1) is 12.6. The Morgan fingerprint density at radius 2 is 1.54 bits per heavy atom. The number of nitrogens with zero attached hydrogens (tertiary/aromatic N) is 3. The Bertz CT molecular complexity index is 702. The summed E-state index contributed by atoms with van der Waals surface area (Å²) >= 11 is 12.0. The van der Waals surface area contributed by atoms with E-state index in [0.717, 1.165) is 12.8 Å². The topological polar surface area (TPSA) is 59.8 Å². The van der Waals surface area contributed by atoms with Crippen LogP contribution in [0.1, 0.15) is 71.1 Å². The third-order valence-electron chi connectivity index (χ3n) is 4.49. The highest BCUT2D eigenvalue weighted by atomic mass is 35.5. The lowest BCUT2D eigenvalue weighted by Crippen LogP contribution is -2.30. The van der Waals surface area contributed by atoms with Crippen LogP contribution in [-0.4, -0.2) is 27.6 Å². The Morgan fingerprint density at radius 3 is 2.19 bits per heavy atom. The molecule has 0 aliphatic rings. The van der Waals surface area contributed by atoms with Gasteiger partial charge in [-0.05, 0) is 18.6 Å². The normalized spacial score (nSPS) is 11.2. The number of carbonyl (C=O) groups excluding carboxylic acids is 1. The molecule has 2 aromatic rings. The van der Waals surface area contributed by atoms with E-state index in [0.29, 0.717) is 27.6 Å². The third kappa shape index (κ3) is 6.44. The second-order valence-electron chi connectivity index (χ2n) is 6.67. The van der Waals surface area contributed by atoms with Gasteiger partial charge in [-0.25, -0.2) is 4.79 Å². The van der Waals surface area contributed by atoms with Crippen molar-refractivity contribution in [1.82, 2.24) is 20.3 Å². The van der Waals surface area contributed by atoms with Crippen molar-refractivity contribution in [2.75, 3.05) is 6.54 Å². The van der Waals surface area contributed by atoms with Crippen molar-refractivity contribution < 1.29 is 4.79 Å². The molecule has 0 bridgehead atoms. The fraction of sp³-hybridized carbons (Fsp3) is 0.632. The van der Waals surface area contributed by atoms with E-state index in [2.05, 4.69) is 22.6 Å². The lowest BCUT2D eigenvalue weighted by atomic mass is 10.1. The van der Waals surface area contributed by atoms with Crippen molar-refractivity contribution in [3.8, 4) is 0 Å². The van der Waals surface area contributed by atoms with Crippen LogP contribution in [0.25, 0.3) is 11.0 Å². The number of fused-ring (bicyclic) bond motifs is 1. The van der Waals surface area contributed by atoms with Gasteiger partial charge in [0.2, 0.25) is 0 Å². The maximum atomic E-state index is 12.2. The van der Waals surface area contributed by atoms with Gasteiger partial charge in [0.15, 0.2) is 0 Å². The molecule has 1 N–H and O–H groups in total. The molecule has 144 valence electrons. The Morgan fingerprint density at radius 1 is 0.962 bits per heavy atom. The highest BCUT2D eigenvalue weighted by molar-refractivity contribution is 6.42. The van der Waals surface area contributed by atoms with Gasteiger partial charge in [0.25, 0.3) is 0 Å². The Kier molecular flexibility index (Phi) is 9.19. The molecule has 0 fully saturated rings. The molecule has 7 heteroatoms. The summed E-state index contributed by atoms with van der Waals surface area (Å²) in [4.78, 5) is 12.2. The number of halogens is 2. The molecule has 26 heavy (non-hydrogen) atoms. The first kappa shape index (κ1) is 21.0. The van der Waals surface area contributed by atoms with Crippen LogP contribution in [0.2, 0.25) is 10.0 Å². The highest BCUT2D eigenvalue weighted by Crippen LogP contribution is 2.26. The fourth-order valence-corrected chi connectivity index (χ4v) is 3.27. The number of carbonyl (C=O) groups is 1. The summed E-state index contributed by atoms with van der Waals surface area (Å²) in [5.41, 5.74) is 1.11. The summed E-state index contributed by atoms with van der Waals surface area (Å²) < 4.78 is 1.23. The van der Waals surface area contributed by atoms with Crippen molar-refractivity contribution in [3.63, 3.8) is 0 Å². The third-order valence-corrected chi connectivity index (χ3v) is 5.21. The number of nitrogens with one attached hydrogen (secondary N) is 1. The highest BCUT2D eigenvalue weighted by Gasteiger charge is 2.13. The number of aromatic nitrogens is 3. The molecule has 1 aromatic carbocycles. The van der Waals surface area contributed by atoms with Crippen molar-refractivity contribution in [2.24, 2.45) is 0 Å². The van der Waals surface area contributed by atoms with Gasteiger partial charge in [-0.2, -0.15) is 4.68 Å². The van der Waals surface area contributed by atoms with Gasteiger partial charge in [-0.1, -0.05) is 93.1 Å². The Labute approximate surface area is 165 Å². The second kappa shape index (κ2) is 11.4. The zero-order chi connectivity index (χ0) is 18.8. The monoisotopic (exact) mass is 398 g/mol. The minimum Gasteiger partial charge on any atom is -0.336 e. The molecule has 0 atom stereocenters. The van der Waals surface area contributed by atoms with E-state index in [1.54, 1.807) is 12.1 Å². The van der Waals surface area contributed by atoms with Gasteiger partial charge in [0.05, 0.1) is 10.0 Å². The molecule has 1 aromatic heterocycles. The van der Waals surface area contributed by atoms with Crippen LogP contribution >= 0.6 is 23.2 Å². The molecule has 0 spiro atoms. The van der Waals surface area contributed by atoms with Gasteiger partial charge in [0, 0.05) is 6.54 Å². The molecule has 0 unspecified atom stereocenters. The summed E-state index contributed by atoms with van der Waals surface area (Å²) in [7, 11) is 0. The first-order valence-electron chi connectivity index (χ1n) is 9.62. The SMILES string of the molecule is CCCCCCCCCCCCNC(=O)n1nnc2cc(Cl)c(Cl)cc21. The van der Waals surface area contributed by atoms with E-state index in [9.17, 15) is 4.79 Å². The van der Waals surface area contributed by atoms with Crippen LogP contribution in [0.5, 0.6) is 0 Å². The van der Waals surface area contributed by atoms with E-state index in [1.807, 2.05) is 0 Å². The number of amides is 1. The fourth-order valence-electron chi connectivity index (χ4n) is 2.95. The zero-order valence-corrected chi connectivity index (χ0v) is 17.0. The Balaban J connectivity index is 1.62. The van der Waals surface area contributed by atoms with E-state index in [1.165, 1.54) is 56.0 Å². The molecule has 5 nitrogen and oxygen atoms in total. The molecule has 0 saturated carbocycles. The number of unbranched alkanes of at least 4 members (excludes halogenated alkanes) is 9. The molecule has 0 aliphatic carbocycles. The van der Waals surface area contributed by atoms with Crippen LogP contribution in [-0.2, 0) is 0 Å². The summed E-state index contributed by atoms with van der Waals surface area (Å²) in [5, 5.41) is 11.5. The molecular formula is C19H28Cl2N4O. The summed E-state index contributed by atoms with van der Waals surface area (Å²) in [6.45, 7) is 2.88. The predicted octanol–water partition coefficient (Wildman–Crippen LogP) is 6.22. The second-order valence-corrected chi connectivity index (χ2v) is 7.48. The number of hydrogen-bond acceptors (Lipinski definition) is 3. The lowest BCUT2D eigenvalue weighted by molar-refractivity contribution is 0.239. The molecule has 1 heterocycles. The Hall–Kier alpha value is -1.33. The number of rotatable bonds is 11. The molecular weight excluding hydrogens is 371 g/mol. The van der Waals surface area contributed by atoms with Crippen LogP contribution in [0.3, 0.4) is 0 Å². The summed E-state index contributed by atoms with van der Waals surface area (Å²) in [6.07, 6.45) is 12.7. The molecule has 1 amide bonds. The van der Waals surface area contributed by atoms with Crippen molar-refractivity contribution in [3.05, 3.63) is 22.2 Å². The molecule has 0 saturated heterocycles. The summed E-state index contributed by atoms with van der Waals surface area (Å²) in [5.74, 6) is 0. The maximum Gasteiger partial charge on any atom is 0.344 e.